The van der Waals surface area contributed by atoms with Crippen LogP contribution < -0.4 is 4.74 Å². The fourth-order valence-electron chi connectivity index (χ4n) is 5.42. The first-order valence-corrected chi connectivity index (χ1v) is 13.6. The Labute approximate surface area is 216 Å². The number of unbranched alkanes of at least 4 members (excludes halogenated alkanes) is 3. The van der Waals surface area contributed by atoms with Gasteiger partial charge in [0.1, 0.15) is 5.75 Å². The molecular weight excluding hydrogens is 440 g/mol. The summed E-state index contributed by atoms with van der Waals surface area (Å²) >= 11 is 0. The van der Waals surface area contributed by atoms with Gasteiger partial charge in [0, 0.05) is 31.6 Å². The molecule has 0 aromatic heterocycles. The van der Waals surface area contributed by atoms with Gasteiger partial charge in [-0.25, -0.2) is 0 Å². The molecule has 0 N–H and O–H groups in total. The summed E-state index contributed by atoms with van der Waals surface area (Å²) < 4.78 is 6.11. The summed E-state index contributed by atoms with van der Waals surface area (Å²) in [5.74, 6) is 1.01. The summed E-state index contributed by atoms with van der Waals surface area (Å²) in [5.41, 5.74) is 2.78. The quantitative estimate of drug-likeness (QED) is 0.212. The SMILES string of the molecule is c1ccc(C(c2ccccc2)N2CCN(CCCCCCOc3cccc4ccccc34)CC2)cc1. The zero-order valence-corrected chi connectivity index (χ0v) is 21.3. The van der Waals surface area contributed by atoms with Crippen LogP contribution in [0.25, 0.3) is 10.8 Å². The molecule has 0 unspecified atom stereocenters. The van der Waals surface area contributed by atoms with Gasteiger partial charge in [-0.1, -0.05) is 110 Å². The van der Waals surface area contributed by atoms with E-state index in [0.29, 0.717) is 6.04 Å². The predicted octanol–water partition coefficient (Wildman–Crippen LogP) is 7.19. The van der Waals surface area contributed by atoms with Crippen molar-refractivity contribution in [3.05, 3.63) is 114 Å². The average Bonchev–Trinajstić information content (AvgIpc) is 2.95. The number of hydrogen-bond donors (Lipinski definition) is 0. The molecule has 0 bridgehead atoms. The van der Waals surface area contributed by atoms with E-state index in [1.807, 2.05) is 0 Å². The first-order chi connectivity index (χ1) is 17.9. The summed E-state index contributed by atoms with van der Waals surface area (Å²) in [6, 6.07) is 37.1. The van der Waals surface area contributed by atoms with Gasteiger partial charge in [0.2, 0.25) is 0 Å². The first kappa shape index (κ1) is 24.5. The highest BCUT2D eigenvalue weighted by molar-refractivity contribution is 5.88. The summed E-state index contributed by atoms with van der Waals surface area (Å²) in [5, 5.41) is 2.45. The highest BCUT2D eigenvalue weighted by Gasteiger charge is 2.26. The third-order valence-electron chi connectivity index (χ3n) is 7.38. The Bertz CT molecular complexity index is 1140. The van der Waals surface area contributed by atoms with Crippen molar-refractivity contribution in [2.45, 2.75) is 31.7 Å². The molecule has 1 aliphatic heterocycles. The molecule has 3 heteroatoms. The highest BCUT2D eigenvalue weighted by atomic mass is 16.5. The molecule has 1 saturated heterocycles. The van der Waals surface area contributed by atoms with Gasteiger partial charge in [-0.15, -0.1) is 0 Å². The maximum atomic E-state index is 6.11. The fraction of sp³-hybridized carbons (Fsp3) is 0.333. The monoisotopic (exact) mass is 478 g/mol. The molecule has 1 heterocycles. The molecule has 0 spiro atoms. The minimum atomic E-state index is 0.344. The molecule has 4 aromatic rings. The summed E-state index contributed by atoms with van der Waals surface area (Å²) in [6.07, 6.45) is 4.90. The topological polar surface area (TPSA) is 15.7 Å². The van der Waals surface area contributed by atoms with Crippen molar-refractivity contribution in [2.75, 3.05) is 39.3 Å². The van der Waals surface area contributed by atoms with Gasteiger partial charge in [-0.2, -0.15) is 0 Å². The lowest BCUT2D eigenvalue weighted by atomic mass is 9.96. The van der Waals surface area contributed by atoms with Crippen molar-refractivity contribution in [2.24, 2.45) is 0 Å². The van der Waals surface area contributed by atoms with Gasteiger partial charge in [-0.05, 0) is 42.0 Å². The summed E-state index contributed by atoms with van der Waals surface area (Å²) in [6.45, 7) is 6.55. The number of nitrogens with zero attached hydrogens (tertiary/aromatic N) is 2. The standard InChI is InChI=1S/C33H38N2O/c1(2-12-27-36-32-21-13-19-28-14-9-10-20-31(28)32)11-22-34-23-25-35(26-24-34)33(29-15-5-3-6-16-29)30-17-7-4-8-18-30/h3-10,13-21,33H,1-2,11-12,22-27H2. The second-order valence-electron chi connectivity index (χ2n) is 9.84. The Morgan fingerprint density at radius 1 is 0.583 bits per heavy atom. The number of hydrogen-bond acceptors (Lipinski definition) is 3. The van der Waals surface area contributed by atoms with Gasteiger partial charge < -0.3 is 9.64 Å². The van der Waals surface area contributed by atoms with Gasteiger partial charge in [0.15, 0.2) is 0 Å². The van der Waals surface area contributed by atoms with E-state index < -0.39 is 0 Å². The Morgan fingerprint density at radius 3 is 1.92 bits per heavy atom. The van der Waals surface area contributed by atoms with Crippen molar-refractivity contribution >= 4 is 10.8 Å². The molecule has 0 atom stereocenters. The van der Waals surface area contributed by atoms with Crippen LogP contribution in [0.1, 0.15) is 42.9 Å². The molecule has 5 rings (SSSR count). The number of piperazine rings is 1. The largest absolute Gasteiger partial charge is 0.493 e. The lowest BCUT2D eigenvalue weighted by molar-refractivity contribution is 0.108. The minimum absolute atomic E-state index is 0.344. The van der Waals surface area contributed by atoms with E-state index in [1.54, 1.807) is 0 Å². The van der Waals surface area contributed by atoms with E-state index >= 15 is 0 Å². The third kappa shape index (κ3) is 6.34. The highest BCUT2D eigenvalue weighted by Crippen LogP contribution is 2.29. The molecule has 4 aromatic carbocycles. The Kier molecular flexibility index (Phi) is 8.67. The molecule has 186 valence electrons. The van der Waals surface area contributed by atoms with Gasteiger partial charge in [-0.3, -0.25) is 4.90 Å². The molecule has 1 fully saturated rings. The second kappa shape index (κ2) is 12.7. The fourth-order valence-corrected chi connectivity index (χ4v) is 5.42. The molecule has 0 aliphatic carbocycles. The summed E-state index contributed by atoms with van der Waals surface area (Å²) in [4.78, 5) is 5.31. The van der Waals surface area contributed by atoms with E-state index in [4.69, 9.17) is 4.74 Å². The molecule has 3 nitrogen and oxygen atoms in total. The lowest BCUT2D eigenvalue weighted by Crippen LogP contribution is -2.48. The van der Waals surface area contributed by atoms with Crippen LogP contribution >= 0.6 is 0 Å². The van der Waals surface area contributed by atoms with Crippen molar-refractivity contribution in [3.63, 3.8) is 0 Å². The van der Waals surface area contributed by atoms with Crippen LogP contribution in [-0.4, -0.2) is 49.1 Å². The van der Waals surface area contributed by atoms with Crippen LogP contribution in [0, 0.1) is 0 Å². The maximum absolute atomic E-state index is 6.11. The average molecular weight is 479 g/mol. The van der Waals surface area contributed by atoms with E-state index in [0.717, 1.165) is 45.0 Å². The first-order valence-electron chi connectivity index (χ1n) is 13.6. The van der Waals surface area contributed by atoms with Crippen molar-refractivity contribution in [3.8, 4) is 5.75 Å². The molecule has 0 saturated carbocycles. The Balaban J connectivity index is 1.02. The molecule has 0 radical (unpaired) electrons. The van der Waals surface area contributed by atoms with Crippen LogP contribution in [-0.2, 0) is 0 Å². The normalized spacial score (nSPS) is 14.9. The zero-order chi connectivity index (χ0) is 24.4. The smallest absolute Gasteiger partial charge is 0.127 e. The molecule has 1 aliphatic rings. The second-order valence-corrected chi connectivity index (χ2v) is 9.84. The molecular formula is C33H38N2O. The van der Waals surface area contributed by atoms with Crippen LogP contribution in [0.2, 0.25) is 0 Å². The molecule has 0 amide bonds. The van der Waals surface area contributed by atoms with Crippen LogP contribution in [0.5, 0.6) is 5.75 Å². The number of ether oxygens (including phenoxy) is 1. The number of benzene rings is 4. The zero-order valence-electron chi connectivity index (χ0n) is 21.3. The van der Waals surface area contributed by atoms with E-state index in [2.05, 4.69) is 113 Å². The van der Waals surface area contributed by atoms with Crippen LogP contribution in [0.15, 0.2) is 103 Å². The van der Waals surface area contributed by atoms with Gasteiger partial charge >= 0.3 is 0 Å². The Morgan fingerprint density at radius 2 is 1.19 bits per heavy atom. The van der Waals surface area contributed by atoms with Crippen molar-refractivity contribution in [1.82, 2.24) is 9.80 Å². The number of rotatable bonds is 11. The van der Waals surface area contributed by atoms with E-state index in [-0.39, 0.29) is 0 Å². The Hall–Kier alpha value is -3.14. The summed E-state index contributed by atoms with van der Waals surface area (Å²) in [7, 11) is 0. The van der Waals surface area contributed by atoms with Crippen molar-refractivity contribution < 1.29 is 4.74 Å². The van der Waals surface area contributed by atoms with Gasteiger partial charge in [0.05, 0.1) is 12.6 Å². The lowest BCUT2D eigenvalue weighted by Gasteiger charge is -2.39. The maximum Gasteiger partial charge on any atom is 0.127 e. The van der Waals surface area contributed by atoms with E-state index in [9.17, 15) is 0 Å². The van der Waals surface area contributed by atoms with Crippen LogP contribution in [0.4, 0.5) is 0 Å². The number of fused-ring (bicyclic) bond motifs is 1. The predicted molar refractivity (Wildman–Crippen MR) is 151 cm³/mol. The molecule has 36 heavy (non-hydrogen) atoms. The minimum Gasteiger partial charge on any atom is -0.493 e. The van der Waals surface area contributed by atoms with Crippen molar-refractivity contribution in [1.29, 1.82) is 0 Å². The van der Waals surface area contributed by atoms with E-state index in [1.165, 1.54) is 47.7 Å². The van der Waals surface area contributed by atoms with Crippen LogP contribution in [0.3, 0.4) is 0 Å². The third-order valence-corrected chi connectivity index (χ3v) is 7.38. The van der Waals surface area contributed by atoms with Gasteiger partial charge in [0.25, 0.3) is 0 Å².